The Bertz CT molecular complexity index is 975. The lowest BCUT2D eigenvalue weighted by atomic mass is 9.99. The molecule has 0 bridgehead atoms. The molecule has 1 aromatic heterocycles. The first-order chi connectivity index (χ1) is 13.9. The zero-order valence-corrected chi connectivity index (χ0v) is 17.2. The summed E-state index contributed by atoms with van der Waals surface area (Å²) in [6.07, 6.45) is 3.93. The van der Waals surface area contributed by atoms with Gasteiger partial charge >= 0.3 is 0 Å². The zero-order chi connectivity index (χ0) is 21.0. The molecule has 2 aromatic rings. The van der Waals surface area contributed by atoms with E-state index in [4.69, 9.17) is 0 Å². The van der Waals surface area contributed by atoms with Crippen LogP contribution in [0.3, 0.4) is 0 Å². The number of nitrogens with zero attached hydrogens (tertiary/aromatic N) is 1. The Morgan fingerprint density at radius 2 is 1.97 bits per heavy atom. The number of aromatic nitrogens is 1. The molecule has 1 aliphatic heterocycles. The van der Waals surface area contributed by atoms with E-state index in [1.165, 1.54) is 0 Å². The molecule has 154 valence electrons. The van der Waals surface area contributed by atoms with Crippen molar-refractivity contribution >= 4 is 17.5 Å². The molecule has 1 atom stereocenters. The molecule has 0 aliphatic carbocycles. The summed E-state index contributed by atoms with van der Waals surface area (Å²) in [6, 6.07) is 6.89. The number of anilines is 1. The summed E-state index contributed by atoms with van der Waals surface area (Å²) in [6.45, 7) is 6.10. The third kappa shape index (κ3) is 4.74. The molecule has 1 fully saturated rings. The number of amides is 2. The Labute approximate surface area is 170 Å². The normalized spacial score (nSPS) is 16.3. The van der Waals surface area contributed by atoms with Gasteiger partial charge in [0.05, 0.1) is 0 Å². The molecule has 1 unspecified atom stereocenters. The maximum atomic E-state index is 13.0. The van der Waals surface area contributed by atoms with Gasteiger partial charge in [0.15, 0.2) is 0 Å². The lowest BCUT2D eigenvalue weighted by Gasteiger charge is -2.23. The molecule has 0 radical (unpaired) electrons. The van der Waals surface area contributed by atoms with Gasteiger partial charge in [-0.1, -0.05) is 6.07 Å². The van der Waals surface area contributed by atoms with Crippen molar-refractivity contribution in [2.24, 2.45) is 5.92 Å². The maximum Gasteiger partial charge on any atom is 0.263 e. The molecule has 0 saturated carbocycles. The highest BCUT2D eigenvalue weighted by Gasteiger charge is 2.20. The third-order valence-electron chi connectivity index (χ3n) is 5.43. The number of aryl methyl sites for hydroxylation is 2. The molecular formula is C22H28N4O3. The van der Waals surface area contributed by atoms with Gasteiger partial charge in [-0.25, -0.2) is 0 Å². The Hall–Kier alpha value is -2.93. The fourth-order valence-corrected chi connectivity index (χ4v) is 3.67. The van der Waals surface area contributed by atoms with Crippen molar-refractivity contribution in [1.82, 2.24) is 15.2 Å². The average Bonchev–Trinajstić information content (AvgIpc) is 2.72. The SMILES string of the molecule is CNC(=O)c1ccc(C)c(NC(=O)c2c(C)ccn(CC3CCCNC3)c2=O)c1. The molecule has 1 aromatic carbocycles. The van der Waals surface area contributed by atoms with Gasteiger partial charge in [-0.05, 0) is 75.0 Å². The number of rotatable bonds is 5. The maximum absolute atomic E-state index is 13.0. The lowest BCUT2D eigenvalue weighted by molar-refractivity contribution is 0.0961. The predicted molar refractivity (Wildman–Crippen MR) is 114 cm³/mol. The number of nitrogens with one attached hydrogen (secondary N) is 3. The van der Waals surface area contributed by atoms with E-state index in [1.54, 1.807) is 49.0 Å². The van der Waals surface area contributed by atoms with E-state index in [9.17, 15) is 14.4 Å². The highest BCUT2D eigenvalue weighted by atomic mass is 16.2. The Morgan fingerprint density at radius 3 is 2.66 bits per heavy atom. The van der Waals surface area contributed by atoms with Crippen LogP contribution in [0.4, 0.5) is 5.69 Å². The van der Waals surface area contributed by atoms with E-state index in [1.807, 2.05) is 6.92 Å². The number of carbonyl (C=O) groups is 2. The molecule has 1 saturated heterocycles. The second-order valence-electron chi connectivity index (χ2n) is 7.61. The van der Waals surface area contributed by atoms with Gasteiger partial charge in [-0.3, -0.25) is 14.4 Å². The smallest absolute Gasteiger partial charge is 0.263 e. The van der Waals surface area contributed by atoms with Gasteiger partial charge < -0.3 is 20.5 Å². The summed E-state index contributed by atoms with van der Waals surface area (Å²) in [5.74, 6) is -0.313. The van der Waals surface area contributed by atoms with E-state index >= 15 is 0 Å². The van der Waals surface area contributed by atoms with Crippen LogP contribution in [0.2, 0.25) is 0 Å². The molecule has 2 heterocycles. The first kappa shape index (κ1) is 20.8. The van der Waals surface area contributed by atoms with Gasteiger partial charge in [0.2, 0.25) is 0 Å². The topological polar surface area (TPSA) is 92.2 Å². The minimum atomic E-state index is -0.458. The Kier molecular flexibility index (Phi) is 6.49. The van der Waals surface area contributed by atoms with Crippen LogP contribution in [0.25, 0.3) is 0 Å². The summed E-state index contributed by atoms with van der Waals surface area (Å²) in [5.41, 5.74) is 2.26. The fraction of sp³-hybridized carbons (Fsp3) is 0.409. The number of piperidine rings is 1. The average molecular weight is 396 g/mol. The van der Waals surface area contributed by atoms with Gasteiger partial charge in [-0.15, -0.1) is 0 Å². The van der Waals surface area contributed by atoms with E-state index in [-0.39, 0.29) is 17.0 Å². The van der Waals surface area contributed by atoms with Crippen LogP contribution < -0.4 is 21.5 Å². The van der Waals surface area contributed by atoms with E-state index in [2.05, 4.69) is 16.0 Å². The number of pyridine rings is 1. The van der Waals surface area contributed by atoms with Crippen LogP contribution in [0.5, 0.6) is 0 Å². The van der Waals surface area contributed by atoms with Gasteiger partial charge in [-0.2, -0.15) is 0 Å². The quantitative estimate of drug-likeness (QED) is 0.722. The number of hydrogen-bond acceptors (Lipinski definition) is 4. The van der Waals surface area contributed by atoms with Crippen LogP contribution in [0, 0.1) is 19.8 Å². The van der Waals surface area contributed by atoms with Crippen molar-refractivity contribution in [3.8, 4) is 0 Å². The van der Waals surface area contributed by atoms with Crippen LogP contribution >= 0.6 is 0 Å². The summed E-state index contributed by atoms with van der Waals surface area (Å²) in [5, 5.41) is 8.74. The van der Waals surface area contributed by atoms with E-state index in [0.717, 1.165) is 31.5 Å². The summed E-state index contributed by atoms with van der Waals surface area (Å²) in [7, 11) is 1.55. The largest absolute Gasteiger partial charge is 0.355 e. The van der Waals surface area contributed by atoms with Crippen molar-refractivity contribution in [1.29, 1.82) is 0 Å². The van der Waals surface area contributed by atoms with Crippen molar-refractivity contribution in [3.63, 3.8) is 0 Å². The summed E-state index contributed by atoms with van der Waals surface area (Å²) >= 11 is 0. The highest BCUT2D eigenvalue weighted by Crippen LogP contribution is 2.18. The number of benzene rings is 1. The molecule has 29 heavy (non-hydrogen) atoms. The van der Waals surface area contributed by atoms with Crippen LogP contribution in [0.15, 0.2) is 35.3 Å². The van der Waals surface area contributed by atoms with Gasteiger partial charge in [0, 0.05) is 31.0 Å². The predicted octanol–water partition coefficient (Wildman–Crippen LogP) is 2.08. The molecular weight excluding hydrogens is 368 g/mol. The minimum Gasteiger partial charge on any atom is -0.355 e. The van der Waals surface area contributed by atoms with Crippen LogP contribution in [-0.2, 0) is 6.54 Å². The van der Waals surface area contributed by atoms with E-state index < -0.39 is 5.91 Å². The summed E-state index contributed by atoms with van der Waals surface area (Å²) in [4.78, 5) is 37.9. The number of carbonyl (C=O) groups excluding carboxylic acids is 2. The summed E-state index contributed by atoms with van der Waals surface area (Å²) < 4.78 is 1.63. The minimum absolute atomic E-state index is 0.140. The fourth-order valence-electron chi connectivity index (χ4n) is 3.67. The second-order valence-corrected chi connectivity index (χ2v) is 7.61. The standard InChI is InChI=1S/C22H28N4O3/c1-14-6-7-17(20(27)23-3)11-18(14)25-21(28)19-15(2)8-10-26(22(19)29)13-16-5-4-9-24-12-16/h6-8,10-11,16,24H,4-5,9,12-13H2,1-3H3,(H,23,27)(H,25,28). The molecule has 3 N–H and O–H groups in total. The molecule has 2 amide bonds. The lowest BCUT2D eigenvalue weighted by Crippen LogP contribution is -2.36. The Morgan fingerprint density at radius 1 is 1.17 bits per heavy atom. The zero-order valence-electron chi connectivity index (χ0n) is 17.2. The molecule has 3 rings (SSSR count). The monoisotopic (exact) mass is 396 g/mol. The number of hydrogen-bond donors (Lipinski definition) is 3. The molecule has 7 heteroatoms. The van der Waals surface area contributed by atoms with Gasteiger partial charge in [0.1, 0.15) is 5.56 Å². The first-order valence-electron chi connectivity index (χ1n) is 9.95. The molecule has 1 aliphatic rings. The van der Waals surface area contributed by atoms with Crippen molar-refractivity contribution in [2.45, 2.75) is 33.2 Å². The van der Waals surface area contributed by atoms with Crippen LogP contribution in [-0.4, -0.2) is 36.5 Å². The van der Waals surface area contributed by atoms with Crippen molar-refractivity contribution < 1.29 is 9.59 Å². The van der Waals surface area contributed by atoms with Gasteiger partial charge in [0.25, 0.3) is 17.4 Å². The van der Waals surface area contributed by atoms with Crippen LogP contribution in [0.1, 0.15) is 44.7 Å². The second kappa shape index (κ2) is 9.05. The van der Waals surface area contributed by atoms with E-state index in [0.29, 0.717) is 29.3 Å². The molecule has 7 nitrogen and oxygen atoms in total. The third-order valence-corrected chi connectivity index (χ3v) is 5.43. The first-order valence-corrected chi connectivity index (χ1v) is 9.95. The highest BCUT2D eigenvalue weighted by molar-refractivity contribution is 6.06. The van der Waals surface area contributed by atoms with Crippen molar-refractivity contribution in [2.75, 3.05) is 25.5 Å². The molecule has 0 spiro atoms. The Balaban J connectivity index is 1.86. The van der Waals surface area contributed by atoms with Crippen molar-refractivity contribution in [3.05, 3.63) is 63.1 Å².